The molecule has 2 rings (SSSR count). The van der Waals surface area contributed by atoms with Crippen molar-refractivity contribution in [3.05, 3.63) is 0 Å². The third-order valence-corrected chi connectivity index (χ3v) is 4.06. The Morgan fingerprint density at radius 3 is 2.74 bits per heavy atom. The first-order valence-corrected chi connectivity index (χ1v) is 7.93. The summed E-state index contributed by atoms with van der Waals surface area (Å²) in [5.41, 5.74) is 0. The second-order valence-corrected chi connectivity index (χ2v) is 5.95. The lowest BCUT2D eigenvalue weighted by atomic mass is 10.2. The minimum Gasteiger partial charge on any atom is -0.377 e. The Kier molecular flexibility index (Phi) is 6.57. The van der Waals surface area contributed by atoms with Crippen LogP contribution in [0.4, 0.5) is 0 Å². The van der Waals surface area contributed by atoms with E-state index in [1.807, 2.05) is 0 Å². The summed E-state index contributed by atoms with van der Waals surface area (Å²) in [6.45, 7) is 6.94. The fourth-order valence-corrected chi connectivity index (χ4v) is 2.61. The minimum absolute atomic E-state index is 0.319. The summed E-state index contributed by atoms with van der Waals surface area (Å²) in [5.74, 6) is 0. The summed E-state index contributed by atoms with van der Waals surface area (Å²) < 4.78 is 11.7. The number of hydrogen-bond donors (Lipinski definition) is 1. The molecule has 1 heterocycles. The Balaban J connectivity index is 1.45. The van der Waals surface area contributed by atoms with Crippen LogP contribution in [-0.4, -0.2) is 63.0 Å². The van der Waals surface area contributed by atoms with Gasteiger partial charge in [0.25, 0.3) is 0 Å². The van der Waals surface area contributed by atoms with Gasteiger partial charge in [-0.1, -0.05) is 6.92 Å². The fraction of sp³-hybridized carbons (Fsp3) is 1.00. The second-order valence-electron chi connectivity index (χ2n) is 5.95. The van der Waals surface area contributed by atoms with Crippen molar-refractivity contribution in [3.8, 4) is 0 Å². The molecule has 0 radical (unpaired) electrons. The molecule has 4 heteroatoms. The molecule has 2 fully saturated rings. The molecule has 2 aliphatic rings. The fourth-order valence-electron chi connectivity index (χ4n) is 2.61. The number of rotatable bonds is 10. The molecule has 0 aromatic rings. The van der Waals surface area contributed by atoms with Gasteiger partial charge in [-0.2, -0.15) is 0 Å². The molecule has 0 amide bonds. The van der Waals surface area contributed by atoms with Crippen LogP contribution in [0, 0.1) is 0 Å². The average molecular weight is 270 g/mol. The molecule has 0 aromatic heterocycles. The molecule has 2 atom stereocenters. The quantitative estimate of drug-likeness (QED) is 0.612. The van der Waals surface area contributed by atoms with Gasteiger partial charge in [0.05, 0.1) is 25.4 Å². The lowest BCUT2D eigenvalue weighted by Crippen LogP contribution is -2.29. The molecule has 1 saturated heterocycles. The van der Waals surface area contributed by atoms with E-state index in [9.17, 15) is 0 Å². The first kappa shape index (κ1) is 15.2. The lowest BCUT2D eigenvalue weighted by molar-refractivity contribution is -0.0174. The Bertz CT molecular complexity index is 246. The SMILES string of the molecule is CCCNCC1CCC(COCCN(C)C2CC2)O1. The summed E-state index contributed by atoms with van der Waals surface area (Å²) in [4.78, 5) is 2.41. The second kappa shape index (κ2) is 8.20. The van der Waals surface area contributed by atoms with E-state index in [1.165, 1.54) is 25.7 Å². The molecular formula is C15H30N2O2. The van der Waals surface area contributed by atoms with E-state index in [0.29, 0.717) is 12.2 Å². The Morgan fingerprint density at radius 2 is 2.00 bits per heavy atom. The van der Waals surface area contributed by atoms with Crippen molar-refractivity contribution in [2.24, 2.45) is 0 Å². The van der Waals surface area contributed by atoms with E-state index in [1.54, 1.807) is 0 Å². The van der Waals surface area contributed by atoms with Gasteiger partial charge in [0.1, 0.15) is 0 Å². The van der Waals surface area contributed by atoms with Gasteiger partial charge in [-0.25, -0.2) is 0 Å². The van der Waals surface area contributed by atoms with Crippen LogP contribution in [0.2, 0.25) is 0 Å². The number of likely N-dealkylation sites (N-methyl/N-ethyl adjacent to an activating group) is 1. The highest BCUT2D eigenvalue weighted by Gasteiger charge is 2.26. The summed E-state index contributed by atoms with van der Waals surface area (Å²) in [7, 11) is 2.20. The Labute approximate surface area is 117 Å². The van der Waals surface area contributed by atoms with Crippen LogP contribution < -0.4 is 5.32 Å². The van der Waals surface area contributed by atoms with Gasteiger partial charge < -0.3 is 19.7 Å². The lowest BCUT2D eigenvalue weighted by Gasteiger charge is -2.17. The molecule has 112 valence electrons. The van der Waals surface area contributed by atoms with Crippen LogP contribution in [0.1, 0.15) is 39.0 Å². The van der Waals surface area contributed by atoms with Crippen LogP contribution in [-0.2, 0) is 9.47 Å². The predicted molar refractivity (Wildman–Crippen MR) is 77.5 cm³/mol. The van der Waals surface area contributed by atoms with Gasteiger partial charge >= 0.3 is 0 Å². The van der Waals surface area contributed by atoms with E-state index in [-0.39, 0.29) is 0 Å². The molecule has 19 heavy (non-hydrogen) atoms. The molecular weight excluding hydrogens is 240 g/mol. The maximum atomic E-state index is 5.97. The maximum Gasteiger partial charge on any atom is 0.0813 e. The third-order valence-electron chi connectivity index (χ3n) is 4.06. The van der Waals surface area contributed by atoms with Gasteiger partial charge in [0.2, 0.25) is 0 Å². The highest BCUT2D eigenvalue weighted by atomic mass is 16.5. The first-order valence-electron chi connectivity index (χ1n) is 7.93. The van der Waals surface area contributed by atoms with Crippen LogP contribution >= 0.6 is 0 Å². The monoisotopic (exact) mass is 270 g/mol. The molecule has 1 N–H and O–H groups in total. The largest absolute Gasteiger partial charge is 0.377 e. The van der Waals surface area contributed by atoms with Crippen LogP contribution in [0.25, 0.3) is 0 Å². The number of nitrogens with zero attached hydrogens (tertiary/aromatic N) is 1. The zero-order valence-electron chi connectivity index (χ0n) is 12.6. The summed E-state index contributed by atoms with van der Waals surface area (Å²) in [6.07, 6.45) is 6.97. The first-order chi connectivity index (χ1) is 9.29. The van der Waals surface area contributed by atoms with Gasteiger partial charge in [-0.15, -0.1) is 0 Å². The van der Waals surface area contributed by atoms with E-state index >= 15 is 0 Å². The van der Waals surface area contributed by atoms with Gasteiger partial charge in [0.15, 0.2) is 0 Å². The number of ether oxygens (including phenoxy) is 2. The highest BCUT2D eigenvalue weighted by Crippen LogP contribution is 2.24. The summed E-state index contributed by atoms with van der Waals surface area (Å²) in [6, 6.07) is 0.834. The Hall–Kier alpha value is -0.160. The molecule has 1 aliphatic heterocycles. The summed E-state index contributed by atoms with van der Waals surface area (Å²) >= 11 is 0. The molecule has 1 aliphatic carbocycles. The molecule has 1 saturated carbocycles. The van der Waals surface area contributed by atoms with Crippen molar-refractivity contribution >= 4 is 0 Å². The third kappa shape index (κ3) is 5.78. The van der Waals surface area contributed by atoms with E-state index in [4.69, 9.17) is 9.47 Å². The van der Waals surface area contributed by atoms with Crippen LogP contribution in [0.3, 0.4) is 0 Å². The molecule has 0 spiro atoms. The normalized spacial score (nSPS) is 27.3. The van der Waals surface area contributed by atoms with E-state index in [2.05, 4.69) is 24.2 Å². The molecule has 2 unspecified atom stereocenters. The van der Waals surface area contributed by atoms with E-state index in [0.717, 1.165) is 45.3 Å². The van der Waals surface area contributed by atoms with E-state index < -0.39 is 0 Å². The van der Waals surface area contributed by atoms with Crippen LogP contribution in [0.5, 0.6) is 0 Å². The number of nitrogens with one attached hydrogen (secondary N) is 1. The van der Waals surface area contributed by atoms with Crippen molar-refractivity contribution in [1.29, 1.82) is 0 Å². The standard InChI is InChI=1S/C15H30N2O2/c1-3-8-16-11-14-6-7-15(19-14)12-18-10-9-17(2)13-4-5-13/h13-16H,3-12H2,1-2H3. The van der Waals surface area contributed by atoms with Gasteiger partial charge in [-0.05, 0) is 45.7 Å². The van der Waals surface area contributed by atoms with Crippen molar-refractivity contribution < 1.29 is 9.47 Å². The smallest absolute Gasteiger partial charge is 0.0813 e. The van der Waals surface area contributed by atoms with Crippen molar-refractivity contribution in [2.75, 3.05) is 39.9 Å². The average Bonchev–Trinajstić information content (AvgIpc) is 3.17. The molecule has 0 aromatic carbocycles. The summed E-state index contributed by atoms with van der Waals surface area (Å²) in [5, 5.41) is 3.43. The minimum atomic E-state index is 0.319. The number of hydrogen-bond acceptors (Lipinski definition) is 4. The molecule has 0 bridgehead atoms. The van der Waals surface area contributed by atoms with Crippen molar-refractivity contribution in [1.82, 2.24) is 10.2 Å². The van der Waals surface area contributed by atoms with Gasteiger partial charge in [0, 0.05) is 19.1 Å². The zero-order valence-corrected chi connectivity index (χ0v) is 12.6. The Morgan fingerprint density at radius 1 is 1.21 bits per heavy atom. The van der Waals surface area contributed by atoms with Crippen LogP contribution in [0.15, 0.2) is 0 Å². The topological polar surface area (TPSA) is 33.7 Å². The van der Waals surface area contributed by atoms with Crippen molar-refractivity contribution in [3.63, 3.8) is 0 Å². The predicted octanol–water partition coefficient (Wildman–Crippen LogP) is 1.64. The maximum absolute atomic E-state index is 5.97. The zero-order chi connectivity index (χ0) is 13.5. The van der Waals surface area contributed by atoms with Crippen molar-refractivity contribution in [2.45, 2.75) is 57.3 Å². The highest BCUT2D eigenvalue weighted by molar-refractivity contribution is 4.82. The molecule has 4 nitrogen and oxygen atoms in total. The van der Waals surface area contributed by atoms with Gasteiger partial charge in [-0.3, -0.25) is 0 Å².